The molecule has 1 N–H and O–H groups in total. The molecule has 0 amide bonds. The van der Waals surface area contributed by atoms with Crippen LogP contribution in [0, 0.1) is 11.8 Å². The Labute approximate surface area is 95.3 Å². The molecule has 0 saturated heterocycles. The molecule has 3 unspecified atom stereocenters. The number of hydrogen-bond acceptors (Lipinski definition) is 2. The lowest BCUT2D eigenvalue weighted by Gasteiger charge is -2.33. The lowest BCUT2D eigenvalue weighted by Crippen LogP contribution is -2.32. The molecule has 84 valence electrons. The lowest BCUT2D eigenvalue weighted by atomic mass is 9.79. The predicted molar refractivity (Wildman–Crippen MR) is 61.2 cm³/mol. The van der Waals surface area contributed by atoms with Crippen molar-refractivity contribution in [3.63, 3.8) is 0 Å². The van der Waals surface area contributed by atoms with Gasteiger partial charge in [0.15, 0.2) is 0 Å². The Bertz CT molecular complexity index is 409. The molecule has 0 aliphatic heterocycles. The maximum absolute atomic E-state index is 10.7. The second kappa shape index (κ2) is 3.42. The van der Waals surface area contributed by atoms with Crippen LogP contribution in [-0.2, 0) is 5.60 Å². The van der Waals surface area contributed by atoms with Gasteiger partial charge in [0.1, 0.15) is 6.29 Å². The third kappa shape index (κ3) is 1.33. The van der Waals surface area contributed by atoms with Crippen molar-refractivity contribution in [1.29, 1.82) is 0 Å². The van der Waals surface area contributed by atoms with Gasteiger partial charge < -0.3 is 5.11 Å². The molecule has 0 aromatic heterocycles. The zero-order chi connectivity index (χ0) is 11.2. The third-order valence-corrected chi connectivity index (χ3v) is 4.36. The van der Waals surface area contributed by atoms with Crippen molar-refractivity contribution >= 4 is 6.29 Å². The van der Waals surface area contributed by atoms with Crippen molar-refractivity contribution in [3.05, 3.63) is 35.4 Å². The molecule has 2 fully saturated rings. The monoisotopic (exact) mass is 216 g/mol. The summed E-state index contributed by atoms with van der Waals surface area (Å²) in [5, 5.41) is 10.7. The molecule has 3 rings (SSSR count). The fourth-order valence-electron chi connectivity index (χ4n) is 3.50. The van der Waals surface area contributed by atoms with E-state index in [1.54, 1.807) is 12.1 Å². The average Bonchev–Trinajstić information content (AvgIpc) is 2.89. The van der Waals surface area contributed by atoms with E-state index in [1.807, 2.05) is 12.1 Å². The van der Waals surface area contributed by atoms with E-state index in [4.69, 9.17) is 0 Å². The highest BCUT2D eigenvalue weighted by molar-refractivity contribution is 5.74. The fourth-order valence-corrected chi connectivity index (χ4v) is 3.50. The van der Waals surface area contributed by atoms with Crippen LogP contribution in [0.3, 0.4) is 0 Å². The molecule has 0 heterocycles. The molecule has 1 aromatic rings. The van der Waals surface area contributed by atoms with Crippen LogP contribution < -0.4 is 0 Å². The van der Waals surface area contributed by atoms with Crippen molar-refractivity contribution in [3.8, 4) is 0 Å². The number of carbonyl (C=O) groups is 1. The molecule has 2 aliphatic carbocycles. The maximum Gasteiger partial charge on any atom is 0.150 e. The number of carbonyl (C=O) groups excluding carboxylic acids is 1. The Morgan fingerprint density at radius 1 is 1.25 bits per heavy atom. The van der Waals surface area contributed by atoms with E-state index < -0.39 is 5.60 Å². The molecule has 2 heteroatoms. The van der Waals surface area contributed by atoms with Crippen LogP contribution >= 0.6 is 0 Å². The van der Waals surface area contributed by atoms with Gasteiger partial charge >= 0.3 is 0 Å². The van der Waals surface area contributed by atoms with Crippen LogP contribution in [0.15, 0.2) is 24.3 Å². The molecular formula is C14H16O2. The molecular weight excluding hydrogens is 200 g/mol. The van der Waals surface area contributed by atoms with E-state index in [0.717, 1.165) is 24.7 Å². The summed E-state index contributed by atoms with van der Waals surface area (Å²) in [6.07, 6.45) is 5.34. The van der Waals surface area contributed by atoms with Crippen molar-refractivity contribution in [2.45, 2.75) is 31.3 Å². The van der Waals surface area contributed by atoms with Gasteiger partial charge in [0.25, 0.3) is 0 Å². The highest BCUT2D eigenvalue weighted by Gasteiger charge is 2.50. The van der Waals surface area contributed by atoms with E-state index in [-0.39, 0.29) is 0 Å². The van der Waals surface area contributed by atoms with Crippen LogP contribution in [-0.4, -0.2) is 11.4 Å². The van der Waals surface area contributed by atoms with Crippen LogP contribution in [0.1, 0.15) is 41.6 Å². The van der Waals surface area contributed by atoms with E-state index in [2.05, 4.69) is 0 Å². The molecule has 16 heavy (non-hydrogen) atoms. The zero-order valence-corrected chi connectivity index (χ0v) is 9.23. The average molecular weight is 216 g/mol. The van der Waals surface area contributed by atoms with E-state index in [1.165, 1.54) is 12.8 Å². The number of aliphatic hydroxyl groups is 1. The van der Waals surface area contributed by atoms with E-state index >= 15 is 0 Å². The summed E-state index contributed by atoms with van der Waals surface area (Å²) in [5.41, 5.74) is 1.05. The second-order valence-electron chi connectivity index (χ2n) is 5.24. The van der Waals surface area contributed by atoms with Crippen LogP contribution in [0.5, 0.6) is 0 Å². The first-order valence-corrected chi connectivity index (χ1v) is 6.00. The smallest absolute Gasteiger partial charge is 0.150 e. The van der Waals surface area contributed by atoms with Gasteiger partial charge in [-0.1, -0.05) is 24.3 Å². The maximum atomic E-state index is 10.7. The Morgan fingerprint density at radius 3 is 2.50 bits per heavy atom. The summed E-state index contributed by atoms with van der Waals surface area (Å²) in [6, 6.07) is 7.41. The van der Waals surface area contributed by atoms with Crippen LogP contribution in [0.4, 0.5) is 0 Å². The molecule has 0 spiro atoms. The summed E-state index contributed by atoms with van der Waals surface area (Å²) < 4.78 is 0. The lowest BCUT2D eigenvalue weighted by molar-refractivity contribution is -0.0182. The molecule has 2 nitrogen and oxygen atoms in total. The minimum atomic E-state index is -0.621. The van der Waals surface area contributed by atoms with Gasteiger partial charge in [-0.3, -0.25) is 4.79 Å². The van der Waals surface area contributed by atoms with Crippen LogP contribution in [0.2, 0.25) is 0 Å². The quantitative estimate of drug-likeness (QED) is 0.771. The summed E-state index contributed by atoms with van der Waals surface area (Å²) in [6.45, 7) is 0. The standard InChI is InChI=1S/C14H16O2/c15-9-10-1-4-12(5-2-10)14(16)8-11-3-6-13(14)7-11/h1-2,4-5,9,11,13,16H,3,6-8H2. The first kappa shape index (κ1) is 10.0. The molecule has 1 aromatic carbocycles. The number of fused-ring (bicyclic) bond motifs is 2. The second-order valence-corrected chi connectivity index (χ2v) is 5.24. The van der Waals surface area contributed by atoms with Crippen LogP contribution in [0.25, 0.3) is 0 Å². The topological polar surface area (TPSA) is 37.3 Å². The van der Waals surface area contributed by atoms with E-state index in [0.29, 0.717) is 17.4 Å². The molecule has 2 bridgehead atoms. The molecule has 2 saturated carbocycles. The number of rotatable bonds is 2. The fraction of sp³-hybridized carbons (Fsp3) is 0.500. The number of hydrogen-bond donors (Lipinski definition) is 1. The normalized spacial score (nSPS) is 36.6. The van der Waals surface area contributed by atoms with Crippen molar-refractivity contribution in [1.82, 2.24) is 0 Å². The Kier molecular flexibility index (Phi) is 2.15. The summed E-state index contributed by atoms with van der Waals surface area (Å²) >= 11 is 0. The highest BCUT2D eigenvalue weighted by atomic mass is 16.3. The molecule has 2 aliphatic rings. The number of aldehydes is 1. The summed E-state index contributed by atoms with van der Waals surface area (Å²) in [4.78, 5) is 10.6. The minimum Gasteiger partial charge on any atom is -0.385 e. The number of benzene rings is 1. The van der Waals surface area contributed by atoms with Gasteiger partial charge in [-0.2, -0.15) is 0 Å². The first-order valence-electron chi connectivity index (χ1n) is 6.00. The minimum absolute atomic E-state index is 0.430. The van der Waals surface area contributed by atoms with Crippen molar-refractivity contribution in [2.75, 3.05) is 0 Å². The molecule has 0 radical (unpaired) electrons. The Hall–Kier alpha value is -1.15. The largest absolute Gasteiger partial charge is 0.385 e. The first-order chi connectivity index (χ1) is 7.72. The highest BCUT2D eigenvalue weighted by Crippen LogP contribution is 2.55. The van der Waals surface area contributed by atoms with Gasteiger partial charge in [-0.25, -0.2) is 0 Å². The predicted octanol–water partition coefficient (Wildman–Crippen LogP) is 2.51. The zero-order valence-electron chi connectivity index (χ0n) is 9.23. The van der Waals surface area contributed by atoms with Gasteiger partial charge in [0, 0.05) is 5.56 Å². The Balaban J connectivity index is 1.94. The van der Waals surface area contributed by atoms with E-state index in [9.17, 15) is 9.90 Å². The van der Waals surface area contributed by atoms with Gasteiger partial charge in [0.2, 0.25) is 0 Å². The summed E-state index contributed by atoms with van der Waals surface area (Å²) in [5.74, 6) is 1.14. The SMILES string of the molecule is O=Cc1ccc(C2(O)CC3CCC2C3)cc1. The van der Waals surface area contributed by atoms with Crippen molar-refractivity contribution < 1.29 is 9.90 Å². The van der Waals surface area contributed by atoms with Gasteiger partial charge in [-0.15, -0.1) is 0 Å². The van der Waals surface area contributed by atoms with Gasteiger partial charge in [0.05, 0.1) is 5.60 Å². The Morgan fingerprint density at radius 2 is 2.00 bits per heavy atom. The van der Waals surface area contributed by atoms with Gasteiger partial charge in [-0.05, 0) is 43.1 Å². The summed E-state index contributed by atoms with van der Waals surface area (Å²) in [7, 11) is 0. The van der Waals surface area contributed by atoms with Crippen molar-refractivity contribution in [2.24, 2.45) is 11.8 Å². The third-order valence-electron chi connectivity index (χ3n) is 4.36. The molecule has 3 atom stereocenters.